The zero-order chi connectivity index (χ0) is 10.1. The summed E-state index contributed by atoms with van der Waals surface area (Å²) in [6, 6.07) is 8.77. The highest BCUT2D eigenvalue weighted by molar-refractivity contribution is 5.32. The number of nitrogens with one attached hydrogen (secondary N) is 1. The molecule has 2 aromatic rings. The van der Waals surface area contributed by atoms with Crippen molar-refractivity contribution < 1.29 is 0 Å². The van der Waals surface area contributed by atoms with E-state index in [2.05, 4.69) is 34.2 Å². The smallest absolute Gasteiger partial charge is 0.0923 e. The van der Waals surface area contributed by atoms with Crippen LogP contribution in [-0.2, 0) is 19.3 Å². The summed E-state index contributed by atoms with van der Waals surface area (Å²) in [5.74, 6) is 0.741. The molecule has 1 aliphatic carbocycles. The van der Waals surface area contributed by atoms with Crippen LogP contribution in [-0.4, -0.2) is 9.97 Å². The fourth-order valence-electron chi connectivity index (χ4n) is 2.49. The minimum Gasteiger partial charge on any atom is -0.351 e. The molecular weight excluding hydrogens is 184 g/mol. The lowest BCUT2D eigenvalue weighted by atomic mass is 10.0. The lowest BCUT2D eigenvalue weighted by Crippen LogP contribution is -2.04. The first-order valence-electron chi connectivity index (χ1n) is 5.46. The molecule has 0 atom stereocenters. The molecule has 3 rings (SSSR count). The lowest BCUT2D eigenvalue weighted by molar-refractivity contribution is 0.553. The van der Waals surface area contributed by atoms with Crippen molar-refractivity contribution in [3.63, 3.8) is 0 Å². The largest absolute Gasteiger partial charge is 0.351 e. The summed E-state index contributed by atoms with van der Waals surface area (Å²) in [5, 5.41) is 0. The van der Waals surface area contributed by atoms with Crippen LogP contribution in [0.15, 0.2) is 36.8 Å². The molecule has 76 valence electrons. The Morgan fingerprint density at radius 3 is 2.53 bits per heavy atom. The predicted molar refractivity (Wildman–Crippen MR) is 59.6 cm³/mol. The molecule has 1 aliphatic rings. The van der Waals surface area contributed by atoms with E-state index in [-0.39, 0.29) is 0 Å². The van der Waals surface area contributed by atoms with Crippen LogP contribution in [0, 0.1) is 5.92 Å². The second kappa shape index (κ2) is 3.54. The van der Waals surface area contributed by atoms with E-state index < -0.39 is 0 Å². The summed E-state index contributed by atoms with van der Waals surface area (Å²) in [5.41, 5.74) is 4.24. The number of imidazole rings is 1. The van der Waals surface area contributed by atoms with E-state index in [1.165, 1.54) is 29.7 Å². The molecule has 1 N–H and O–H groups in total. The summed E-state index contributed by atoms with van der Waals surface area (Å²) in [6.07, 6.45) is 7.28. The van der Waals surface area contributed by atoms with Gasteiger partial charge in [-0.3, -0.25) is 0 Å². The van der Waals surface area contributed by atoms with E-state index in [9.17, 15) is 0 Å². The summed E-state index contributed by atoms with van der Waals surface area (Å²) in [6.45, 7) is 0. The van der Waals surface area contributed by atoms with Gasteiger partial charge in [-0.1, -0.05) is 24.3 Å². The number of hydrogen-bond donors (Lipinski definition) is 1. The molecule has 0 unspecified atom stereocenters. The van der Waals surface area contributed by atoms with Crippen LogP contribution in [0.3, 0.4) is 0 Å². The first-order chi connectivity index (χ1) is 7.42. The van der Waals surface area contributed by atoms with Crippen LogP contribution in [0.2, 0.25) is 0 Å². The zero-order valence-corrected chi connectivity index (χ0v) is 8.61. The number of nitrogens with zero attached hydrogens (tertiary/aromatic N) is 1. The molecule has 0 saturated heterocycles. The third kappa shape index (κ3) is 1.67. The Bertz CT molecular complexity index is 418. The van der Waals surface area contributed by atoms with Gasteiger partial charge < -0.3 is 4.98 Å². The molecule has 0 saturated carbocycles. The topological polar surface area (TPSA) is 28.7 Å². The summed E-state index contributed by atoms with van der Waals surface area (Å²) in [7, 11) is 0. The molecule has 2 nitrogen and oxygen atoms in total. The second-order valence-electron chi connectivity index (χ2n) is 4.31. The van der Waals surface area contributed by atoms with E-state index in [0.29, 0.717) is 0 Å². The second-order valence-corrected chi connectivity index (χ2v) is 4.31. The van der Waals surface area contributed by atoms with E-state index in [1.807, 2.05) is 6.20 Å². The average Bonchev–Trinajstić information content (AvgIpc) is 2.86. The number of H-pyrrole nitrogens is 1. The third-order valence-electron chi connectivity index (χ3n) is 3.19. The van der Waals surface area contributed by atoms with Gasteiger partial charge in [-0.15, -0.1) is 0 Å². The van der Waals surface area contributed by atoms with Gasteiger partial charge in [0.2, 0.25) is 0 Å². The maximum atomic E-state index is 4.29. The number of hydrogen-bond acceptors (Lipinski definition) is 1. The van der Waals surface area contributed by atoms with Crippen molar-refractivity contribution in [2.45, 2.75) is 19.3 Å². The number of aromatic nitrogens is 2. The summed E-state index contributed by atoms with van der Waals surface area (Å²) < 4.78 is 0. The molecule has 1 heterocycles. The highest BCUT2D eigenvalue weighted by atomic mass is 14.9. The third-order valence-corrected chi connectivity index (χ3v) is 3.19. The van der Waals surface area contributed by atoms with Gasteiger partial charge in [0.1, 0.15) is 0 Å². The van der Waals surface area contributed by atoms with E-state index >= 15 is 0 Å². The molecule has 0 aliphatic heterocycles. The lowest BCUT2D eigenvalue weighted by Gasteiger charge is -2.05. The predicted octanol–water partition coefficient (Wildman–Crippen LogP) is 2.37. The van der Waals surface area contributed by atoms with Crippen LogP contribution < -0.4 is 0 Å². The molecule has 0 spiro atoms. The minimum absolute atomic E-state index is 0.741. The number of fused-ring (bicyclic) bond motifs is 1. The van der Waals surface area contributed by atoms with Gasteiger partial charge in [0, 0.05) is 6.20 Å². The van der Waals surface area contributed by atoms with Crippen LogP contribution in [0.5, 0.6) is 0 Å². The van der Waals surface area contributed by atoms with Crippen molar-refractivity contribution in [3.8, 4) is 0 Å². The van der Waals surface area contributed by atoms with Gasteiger partial charge in [-0.2, -0.15) is 0 Å². The fourth-order valence-corrected chi connectivity index (χ4v) is 2.49. The van der Waals surface area contributed by atoms with Crippen molar-refractivity contribution in [1.82, 2.24) is 9.97 Å². The molecule has 0 bridgehead atoms. The van der Waals surface area contributed by atoms with Gasteiger partial charge >= 0.3 is 0 Å². The standard InChI is InChI=1S/C13H14N2/c1-2-4-12-6-10(5-11(12)3-1)7-13-8-14-9-15-13/h1-4,8-10H,5-7H2,(H,14,15). The van der Waals surface area contributed by atoms with E-state index in [0.717, 1.165) is 12.3 Å². The molecule has 1 aromatic carbocycles. The van der Waals surface area contributed by atoms with Gasteiger partial charge in [0.15, 0.2) is 0 Å². The monoisotopic (exact) mass is 198 g/mol. The molecule has 15 heavy (non-hydrogen) atoms. The Balaban J connectivity index is 1.74. The van der Waals surface area contributed by atoms with Crippen molar-refractivity contribution >= 4 is 0 Å². The quantitative estimate of drug-likeness (QED) is 0.788. The highest BCUT2D eigenvalue weighted by Gasteiger charge is 2.21. The molecule has 0 amide bonds. The van der Waals surface area contributed by atoms with Crippen molar-refractivity contribution in [1.29, 1.82) is 0 Å². The number of aromatic amines is 1. The van der Waals surface area contributed by atoms with Gasteiger partial charge in [0.05, 0.1) is 12.0 Å². The van der Waals surface area contributed by atoms with Crippen molar-refractivity contribution in [2.75, 3.05) is 0 Å². The van der Waals surface area contributed by atoms with Gasteiger partial charge in [-0.25, -0.2) is 4.98 Å². The Labute approximate surface area is 89.4 Å². The van der Waals surface area contributed by atoms with Crippen molar-refractivity contribution in [2.24, 2.45) is 5.92 Å². The summed E-state index contributed by atoms with van der Waals surface area (Å²) in [4.78, 5) is 7.30. The SMILES string of the molecule is c1ccc2c(c1)CC(Cc1c[nH]cn1)C2. The molecule has 1 aromatic heterocycles. The maximum Gasteiger partial charge on any atom is 0.0923 e. The maximum absolute atomic E-state index is 4.29. The Hall–Kier alpha value is -1.57. The van der Waals surface area contributed by atoms with Gasteiger partial charge in [0.25, 0.3) is 0 Å². The Kier molecular flexibility index (Phi) is 2.05. The van der Waals surface area contributed by atoms with Crippen LogP contribution in [0.1, 0.15) is 16.8 Å². The van der Waals surface area contributed by atoms with E-state index in [1.54, 1.807) is 6.33 Å². The first kappa shape index (κ1) is 8.72. The Morgan fingerprint density at radius 1 is 1.20 bits per heavy atom. The fraction of sp³-hybridized carbons (Fsp3) is 0.308. The highest BCUT2D eigenvalue weighted by Crippen LogP contribution is 2.28. The minimum atomic E-state index is 0.741. The first-order valence-corrected chi connectivity index (χ1v) is 5.46. The van der Waals surface area contributed by atoms with E-state index in [4.69, 9.17) is 0 Å². The normalized spacial score (nSPS) is 15.5. The zero-order valence-electron chi connectivity index (χ0n) is 8.61. The molecular formula is C13H14N2. The van der Waals surface area contributed by atoms with Crippen LogP contribution in [0.4, 0.5) is 0 Å². The van der Waals surface area contributed by atoms with Crippen molar-refractivity contribution in [3.05, 3.63) is 53.6 Å². The van der Waals surface area contributed by atoms with Crippen LogP contribution in [0.25, 0.3) is 0 Å². The summed E-state index contributed by atoms with van der Waals surface area (Å²) >= 11 is 0. The molecule has 2 heteroatoms. The molecule has 0 radical (unpaired) electrons. The Morgan fingerprint density at radius 2 is 1.93 bits per heavy atom. The average molecular weight is 198 g/mol. The van der Waals surface area contributed by atoms with Crippen LogP contribution >= 0.6 is 0 Å². The molecule has 0 fully saturated rings. The number of rotatable bonds is 2. The van der Waals surface area contributed by atoms with Gasteiger partial charge in [-0.05, 0) is 36.3 Å². The number of benzene rings is 1.